The molecule has 0 radical (unpaired) electrons. The highest BCUT2D eigenvalue weighted by Crippen LogP contribution is 2.35. The molecule has 0 spiro atoms. The molecule has 0 bridgehead atoms. The van der Waals surface area contributed by atoms with E-state index in [9.17, 15) is 4.79 Å². The van der Waals surface area contributed by atoms with Crippen molar-refractivity contribution < 1.29 is 14.6 Å². The van der Waals surface area contributed by atoms with E-state index in [0.29, 0.717) is 6.42 Å². The van der Waals surface area contributed by atoms with Gasteiger partial charge in [-0.3, -0.25) is 4.79 Å². The molecule has 2 rings (SSSR count). The molecule has 0 heterocycles. The van der Waals surface area contributed by atoms with Crippen molar-refractivity contribution in [3.63, 3.8) is 0 Å². The van der Waals surface area contributed by atoms with Crippen LogP contribution in [-0.2, 0) is 4.79 Å². The molecular weight excluding hydrogens is 228 g/mol. The number of ether oxygens (including phenoxy) is 1. The molecule has 1 aromatic carbocycles. The molecule has 3 heteroatoms. The average molecular weight is 246 g/mol. The van der Waals surface area contributed by atoms with Crippen molar-refractivity contribution in [1.29, 1.82) is 0 Å². The summed E-state index contributed by atoms with van der Waals surface area (Å²) in [5.74, 6) is 0.0933. The first-order valence-corrected chi connectivity index (χ1v) is 6.18. The van der Waals surface area contributed by atoms with Crippen molar-refractivity contribution in [3.05, 3.63) is 35.9 Å². The molecule has 0 amide bonds. The van der Waals surface area contributed by atoms with E-state index >= 15 is 0 Å². The minimum absolute atomic E-state index is 0.185. The molecule has 0 saturated carbocycles. The van der Waals surface area contributed by atoms with Crippen molar-refractivity contribution in [2.45, 2.75) is 19.8 Å². The summed E-state index contributed by atoms with van der Waals surface area (Å²) in [6.07, 6.45) is 3.50. The van der Waals surface area contributed by atoms with Crippen LogP contribution in [0.1, 0.15) is 25.3 Å². The largest absolute Gasteiger partial charge is 0.497 e. The number of carbonyl (C=O) groups is 1. The third-order valence-corrected chi connectivity index (χ3v) is 3.62. The van der Waals surface area contributed by atoms with Gasteiger partial charge in [0, 0.05) is 0 Å². The van der Waals surface area contributed by atoms with Gasteiger partial charge in [-0.1, -0.05) is 25.1 Å². The molecular formula is C15H18O3. The Hall–Kier alpha value is -1.77. The summed E-state index contributed by atoms with van der Waals surface area (Å²) in [5.41, 5.74) is 2.40. The van der Waals surface area contributed by atoms with Gasteiger partial charge in [-0.15, -0.1) is 0 Å². The summed E-state index contributed by atoms with van der Waals surface area (Å²) < 4.78 is 5.13. The van der Waals surface area contributed by atoms with Crippen LogP contribution in [-0.4, -0.2) is 18.2 Å². The SMILES string of the molecule is COc1ccc(C2=CC[C@@H](C(=O)O)[C@H](C)C2)cc1. The predicted molar refractivity (Wildman–Crippen MR) is 70.5 cm³/mol. The van der Waals surface area contributed by atoms with Gasteiger partial charge < -0.3 is 9.84 Å². The summed E-state index contributed by atoms with van der Waals surface area (Å²) in [6.45, 7) is 2.01. The maximum absolute atomic E-state index is 11.0. The fourth-order valence-electron chi connectivity index (χ4n) is 2.46. The van der Waals surface area contributed by atoms with Crippen molar-refractivity contribution in [2.75, 3.05) is 7.11 Å². The van der Waals surface area contributed by atoms with Crippen molar-refractivity contribution in [2.24, 2.45) is 11.8 Å². The first-order chi connectivity index (χ1) is 8.61. The van der Waals surface area contributed by atoms with Gasteiger partial charge in [0.2, 0.25) is 0 Å². The Kier molecular flexibility index (Phi) is 3.70. The Bertz CT molecular complexity index is 459. The maximum Gasteiger partial charge on any atom is 0.307 e. The van der Waals surface area contributed by atoms with Crippen LogP contribution in [0.3, 0.4) is 0 Å². The normalized spacial score (nSPS) is 23.3. The number of aliphatic carboxylic acids is 1. The Morgan fingerprint density at radius 3 is 2.50 bits per heavy atom. The highest BCUT2D eigenvalue weighted by Gasteiger charge is 2.28. The number of allylic oxidation sites excluding steroid dienone is 2. The van der Waals surface area contributed by atoms with Crippen LogP contribution >= 0.6 is 0 Å². The number of carboxylic acids is 1. The molecule has 1 aliphatic rings. The van der Waals surface area contributed by atoms with Gasteiger partial charge >= 0.3 is 5.97 Å². The minimum Gasteiger partial charge on any atom is -0.497 e. The number of methoxy groups -OCH3 is 1. The van der Waals surface area contributed by atoms with E-state index < -0.39 is 5.97 Å². The molecule has 0 aromatic heterocycles. The van der Waals surface area contributed by atoms with Crippen LogP contribution in [0.25, 0.3) is 5.57 Å². The van der Waals surface area contributed by atoms with Crippen LogP contribution in [0.4, 0.5) is 0 Å². The van der Waals surface area contributed by atoms with Gasteiger partial charge in [0.05, 0.1) is 13.0 Å². The minimum atomic E-state index is -0.687. The van der Waals surface area contributed by atoms with Crippen LogP contribution in [0.2, 0.25) is 0 Å². The van der Waals surface area contributed by atoms with Gasteiger partial charge in [0.1, 0.15) is 5.75 Å². The molecule has 3 nitrogen and oxygen atoms in total. The maximum atomic E-state index is 11.0. The lowest BCUT2D eigenvalue weighted by atomic mass is 9.79. The van der Waals surface area contributed by atoms with Crippen LogP contribution in [0, 0.1) is 11.8 Å². The lowest BCUT2D eigenvalue weighted by Gasteiger charge is -2.25. The lowest BCUT2D eigenvalue weighted by Crippen LogP contribution is -2.24. The van der Waals surface area contributed by atoms with E-state index in [0.717, 1.165) is 17.7 Å². The van der Waals surface area contributed by atoms with Crippen molar-refractivity contribution in [1.82, 2.24) is 0 Å². The van der Waals surface area contributed by atoms with Crippen LogP contribution in [0.5, 0.6) is 5.75 Å². The number of carboxylic acid groups (broad SMARTS) is 1. The van der Waals surface area contributed by atoms with E-state index in [-0.39, 0.29) is 11.8 Å². The number of hydrogen-bond acceptors (Lipinski definition) is 2. The third kappa shape index (κ3) is 2.55. The summed E-state index contributed by atoms with van der Waals surface area (Å²) in [6, 6.07) is 7.92. The van der Waals surface area contributed by atoms with Gasteiger partial charge in [-0.05, 0) is 42.0 Å². The van der Waals surface area contributed by atoms with Gasteiger partial charge in [0.25, 0.3) is 0 Å². The second-order valence-corrected chi connectivity index (χ2v) is 4.82. The summed E-state index contributed by atoms with van der Waals surface area (Å²) in [7, 11) is 1.65. The van der Waals surface area contributed by atoms with Crippen LogP contribution in [0.15, 0.2) is 30.3 Å². The van der Waals surface area contributed by atoms with Crippen molar-refractivity contribution >= 4 is 11.5 Å². The van der Waals surface area contributed by atoms with E-state index in [1.807, 2.05) is 31.2 Å². The molecule has 0 fully saturated rings. The fraction of sp³-hybridized carbons (Fsp3) is 0.400. The molecule has 0 aliphatic heterocycles. The fourth-order valence-corrected chi connectivity index (χ4v) is 2.46. The van der Waals surface area contributed by atoms with Crippen molar-refractivity contribution in [3.8, 4) is 5.75 Å². The zero-order valence-electron chi connectivity index (χ0n) is 10.7. The number of benzene rings is 1. The highest BCUT2D eigenvalue weighted by molar-refractivity contribution is 5.74. The standard InChI is InChI=1S/C15H18O3/c1-10-9-12(5-8-14(10)15(16)17)11-3-6-13(18-2)7-4-11/h3-7,10,14H,8-9H2,1-2H3,(H,16,17)/t10-,14-/m1/s1. The van der Waals surface area contributed by atoms with Gasteiger partial charge in [-0.25, -0.2) is 0 Å². The zero-order chi connectivity index (χ0) is 13.1. The van der Waals surface area contributed by atoms with E-state index in [4.69, 9.17) is 9.84 Å². The summed E-state index contributed by atoms with van der Waals surface area (Å²) >= 11 is 0. The molecule has 0 unspecified atom stereocenters. The molecule has 96 valence electrons. The zero-order valence-corrected chi connectivity index (χ0v) is 10.7. The number of rotatable bonds is 3. The molecule has 1 aromatic rings. The Labute approximate surface area is 107 Å². The average Bonchev–Trinajstić information content (AvgIpc) is 2.38. The smallest absolute Gasteiger partial charge is 0.307 e. The molecule has 0 saturated heterocycles. The second-order valence-electron chi connectivity index (χ2n) is 4.82. The molecule has 1 N–H and O–H groups in total. The second kappa shape index (κ2) is 5.25. The lowest BCUT2D eigenvalue weighted by molar-refractivity contribution is -0.143. The quantitative estimate of drug-likeness (QED) is 0.890. The van der Waals surface area contributed by atoms with Gasteiger partial charge in [0.15, 0.2) is 0 Å². The van der Waals surface area contributed by atoms with E-state index in [1.54, 1.807) is 7.11 Å². The Morgan fingerprint density at radius 2 is 2.00 bits per heavy atom. The van der Waals surface area contributed by atoms with Gasteiger partial charge in [-0.2, -0.15) is 0 Å². The Morgan fingerprint density at radius 1 is 1.33 bits per heavy atom. The third-order valence-electron chi connectivity index (χ3n) is 3.62. The summed E-state index contributed by atoms with van der Waals surface area (Å²) in [5, 5.41) is 9.09. The first-order valence-electron chi connectivity index (χ1n) is 6.18. The Balaban J connectivity index is 2.17. The number of hydrogen-bond donors (Lipinski definition) is 1. The van der Waals surface area contributed by atoms with E-state index in [2.05, 4.69) is 6.08 Å². The topological polar surface area (TPSA) is 46.5 Å². The molecule has 18 heavy (non-hydrogen) atoms. The first kappa shape index (κ1) is 12.7. The summed E-state index contributed by atoms with van der Waals surface area (Å²) in [4.78, 5) is 11.0. The van der Waals surface area contributed by atoms with E-state index in [1.165, 1.54) is 5.57 Å². The molecule has 2 atom stereocenters. The molecule has 1 aliphatic carbocycles. The monoisotopic (exact) mass is 246 g/mol. The van der Waals surface area contributed by atoms with Crippen LogP contribution < -0.4 is 4.74 Å². The predicted octanol–water partition coefficient (Wildman–Crippen LogP) is 3.21. The highest BCUT2D eigenvalue weighted by atomic mass is 16.5.